The fourth-order valence-electron chi connectivity index (χ4n) is 1.52. The minimum absolute atomic E-state index is 0.184. The summed E-state index contributed by atoms with van der Waals surface area (Å²) in [5.74, 6) is 1.17. The molecule has 0 aliphatic heterocycles. The van der Waals surface area contributed by atoms with Gasteiger partial charge < -0.3 is 5.73 Å². The average Bonchev–Trinajstić information content (AvgIpc) is 2.20. The van der Waals surface area contributed by atoms with E-state index in [2.05, 4.69) is 13.0 Å². The normalized spacial score (nSPS) is 12.8. The van der Waals surface area contributed by atoms with Crippen molar-refractivity contribution in [3.05, 3.63) is 28.8 Å². The van der Waals surface area contributed by atoms with Crippen LogP contribution in [0.15, 0.2) is 23.1 Å². The molecule has 1 aromatic rings. The summed E-state index contributed by atoms with van der Waals surface area (Å²) in [6.07, 6.45) is 3.39. The second-order valence-electron chi connectivity index (χ2n) is 4.14. The van der Waals surface area contributed by atoms with Gasteiger partial charge in [0.1, 0.15) is 0 Å². The van der Waals surface area contributed by atoms with Gasteiger partial charge >= 0.3 is 0 Å². The first kappa shape index (κ1) is 13.9. The third-order valence-electron chi connectivity index (χ3n) is 2.32. The maximum atomic E-state index is 6.01. The van der Waals surface area contributed by atoms with Crippen molar-refractivity contribution in [2.75, 3.05) is 5.75 Å². The summed E-state index contributed by atoms with van der Waals surface area (Å²) in [5.41, 5.74) is 7.13. The highest BCUT2D eigenvalue weighted by Gasteiger charge is 2.06. The van der Waals surface area contributed by atoms with Gasteiger partial charge in [-0.05, 0) is 49.3 Å². The van der Waals surface area contributed by atoms with Crippen LogP contribution in [0.2, 0.25) is 5.02 Å². The van der Waals surface area contributed by atoms with Crippen molar-refractivity contribution in [2.45, 2.75) is 44.0 Å². The van der Waals surface area contributed by atoms with E-state index in [1.165, 1.54) is 29.1 Å². The van der Waals surface area contributed by atoms with E-state index in [0.29, 0.717) is 0 Å². The Bertz CT molecular complexity index is 326. The fraction of sp³-hybridized carbons (Fsp3) is 0.538. The van der Waals surface area contributed by atoms with E-state index in [1.807, 2.05) is 30.8 Å². The number of hydrogen-bond acceptors (Lipinski definition) is 2. The molecular weight excluding hydrogens is 238 g/mol. The maximum absolute atomic E-state index is 6.01. The van der Waals surface area contributed by atoms with Crippen LogP contribution >= 0.6 is 23.4 Å². The van der Waals surface area contributed by atoms with Gasteiger partial charge in [-0.15, -0.1) is 11.8 Å². The second kappa shape index (κ2) is 7.21. The number of rotatable bonds is 6. The maximum Gasteiger partial charge on any atom is 0.0409 e. The molecule has 0 spiro atoms. The van der Waals surface area contributed by atoms with Gasteiger partial charge in [0.05, 0.1) is 0 Å². The van der Waals surface area contributed by atoms with Gasteiger partial charge in [-0.3, -0.25) is 0 Å². The lowest BCUT2D eigenvalue weighted by molar-refractivity contribution is 0.729. The minimum atomic E-state index is 0.184. The lowest BCUT2D eigenvalue weighted by Crippen LogP contribution is -2.18. The van der Waals surface area contributed by atoms with Crippen LogP contribution < -0.4 is 5.73 Å². The van der Waals surface area contributed by atoms with Crippen molar-refractivity contribution in [3.63, 3.8) is 0 Å². The SMILES string of the molecule is CCCCSc1ccc(Cl)cc1CC(C)N. The number of thioether (sulfide) groups is 1. The van der Waals surface area contributed by atoms with Crippen molar-refractivity contribution in [1.29, 1.82) is 0 Å². The Morgan fingerprint density at radius 3 is 2.81 bits per heavy atom. The Morgan fingerprint density at radius 1 is 1.44 bits per heavy atom. The summed E-state index contributed by atoms with van der Waals surface area (Å²) < 4.78 is 0. The van der Waals surface area contributed by atoms with Crippen molar-refractivity contribution in [2.24, 2.45) is 5.73 Å². The monoisotopic (exact) mass is 257 g/mol. The molecular formula is C13H20ClNS. The number of nitrogens with two attached hydrogens (primary N) is 1. The predicted octanol–water partition coefficient (Wildman–Crippen LogP) is 4.12. The highest BCUT2D eigenvalue weighted by molar-refractivity contribution is 7.99. The molecule has 0 fully saturated rings. The Hall–Kier alpha value is -0.180. The van der Waals surface area contributed by atoms with Crippen molar-refractivity contribution in [1.82, 2.24) is 0 Å². The first-order valence-electron chi connectivity index (χ1n) is 5.80. The molecule has 90 valence electrons. The van der Waals surface area contributed by atoms with E-state index in [4.69, 9.17) is 17.3 Å². The molecule has 0 amide bonds. The lowest BCUT2D eigenvalue weighted by atomic mass is 10.1. The van der Waals surface area contributed by atoms with Gasteiger partial charge in [-0.1, -0.05) is 24.9 Å². The quantitative estimate of drug-likeness (QED) is 0.613. The molecule has 1 rings (SSSR count). The van der Waals surface area contributed by atoms with Crippen LogP contribution in [0.4, 0.5) is 0 Å². The van der Waals surface area contributed by atoms with Crippen LogP contribution in [0.1, 0.15) is 32.3 Å². The van der Waals surface area contributed by atoms with Gasteiger partial charge in [0, 0.05) is 16.0 Å². The van der Waals surface area contributed by atoms with Crippen molar-refractivity contribution < 1.29 is 0 Å². The Labute approximate surface area is 108 Å². The van der Waals surface area contributed by atoms with Crippen LogP contribution in [0.3, 0.4) is 0 Å². The third kappa shape index (κ3) is 4.77. The van der Waals surface area contributed by atoms with Gasteiger partial charge in [-0.25, -0.2) is 0 Å². The summed E-state index contributed by atoms with van der Waals surface area (Å²) >= 11 is 7.92. The molecule has 1 nitrogen and oxygen atoms in total. The Morgan fingerprint density at radius 2 is 2.19 bits per heavy atom. The molecule has 1 atom stereocenters. The molecule has 2 N–H and O–H groups in total. The Balaban J connectivity index is 2.72. The number of unbranched alkanes of at least 4 members (excludes halogenated alkanes) is 1. The van der Waals surface area contributed by atoms with E-state index in [1.54, 1.807) is 0 Å². The highest BCUT2D eigenvalue weighted by atomic mass is 35.5. The zero-order valence-corrected chi connectivity index (χ0v) is 11.6. The minimum Gasteiger partial charge on any atom is -0.328 e. The summed E-state index contributed by atoms with van der Waals surface area (Å²) in [5, 5.41) is 0.801. The van der Waals surface area contributed by atoms with E-state index in [-0.39, 0.29) is 6.04 Å². The highest BCUT2D eigenvalue weighted by Crippen LogP contribution is 2.27. The van der Waals surface area contributed by atoms with Gasteiger partial charge in [0.25, 0.3) is 0 Å². The summed E-state index contributed by atoms with van der Waals surface area (Å²) in [4.78, 5) is 1.33. The summed E-state index contributed by atoms with van der Waals surface area (Å²) in [6, 6.07) is 6.30. The Kier molecular flexibility index (Phi) is 6.25. The smallest absolute Gasteiger partial charge is 0.0409 e. The standard InChI is InChI=1S/C13H20ClNS/c1-3-4-7-16-13-6-5-12(14)9-11(13)8-10(2)15/h5-6,9-10H,3-4,7-8,15H2,1-2H3. The van der Waals surface area contributed by atoms with E-state index >= 15 is 0 Å². The zero-order chi connectivity index (χ0) is 12.0. The number of hydrogen-bond donors (Lipinski definition) is 1. The number of benzene rings is 1. The largest absolute Gasteiger partial charge is 0.328 e. The molecule has 0 heterocycles. The van der Waals surface area contributed by atoms with Crippen LogP contribution in [-0.4, -0.2) is 11.8 Å². The molecule has 0 aliphatic carbocycles. The van der Waals surface area contributed by atoms with Crippen LogP contribution in [0.25, 0.3) is 0 Å². The zero-order valence-electron chi connectivity index (χ0n) is 10.0. The van der Waals surface area contributed by atoms with Gasteiger partial charge in [0.2, 0.25) is 0 Å². The number of halogens is 1. The van der Waals surface area contributed by atoms with E-state index in [9.17, 15) is 0 Å². The molecule has 0 aliphatic rings. The average molecular weight is 258 g/mol. The molecule has 3 heteroatoms. The third-order valence-corrected chi connectivity index (χ3v) is 3.76. The first-order valence-corrected chi connectivity index (χ1v) is 7.16. The fourth-order valence-corrected chi connectivity index (χ4v) is 2.86. The van der Waals surface area contributed by atoms with Crippen molar-refractivity contribution in [3.8, 4) is 0 Å². The van der Waals surface area contributed by atoms with Gasteiger partial charge in [-0.2, -0.15) is 0 Å². The van der Waals surface area contributed by atoms with Crippen LogP contribution in [0, 0.1) is 0 Å². The van der Waals surface area contributed by atoms with E-state index in [0.717, 1.165) is 11.4 Å². The topological polar surface area (TPSA) is 26.0 Å². The molecule has 0 saturated heterocycles. The van der Waals surface area contributed by atoms with E-state index < -0.39 is 0 Å². The molecule has 0 saturated carbocycles. The molecule has 16 heavy (non-hydrogen) atoms. The van der Waals surface area contributed by atoms with Crippen LogP contribution in [-0.2, 0) is 6.42 Å². The summed E-state index contributed by atoms with van der Waals surface area (Å²) in [7, 11) is 0. The predicted molar refractivity (Wildman–Crippen MR) is 74.4 cm³/mol. The first-order chi connectivity index (χ1) is 7.63. The van der Waals surface area contributed by atoms with Crippen LogP contribution in [0.5, 0.6) is 0 Å². The lowest BCUT2D eigenvalue weighted by Gasteiger charge is -2.11. The second-order valence-corrected chi connectivity index (χ2v) is 5.71. The van der Waals surface area contributed by atoms with Gasteiger partial charge in [0.15, 0.2) is 0 Å². The molecule has 1 unspecified atom stereocenters. The molecule has 0 bridgehead atoms. The molecule has 1 aromatic carbocycles. The molecule has 0 radical (unpaired) electrons. The summed E-state index contributed by atoms with van der Waals surface area (Å²) in [6.45, 7) is 4.24. The molecule has 0 aromatic heterocycles. The van der Waals surface area contributed by atoms with Crippen molar-refractivity contribution >= 4 is 23.4 Å².